The Morgan fingerprint density at radius 1 is 1.27 bits per heavy atom. The van der Waals surface area contributed by atoms with Crippen LogP contribution in [0.15, 0.2) is 12.3 Å². The first kappa shape index (κ1) is 14.9. The van der Waals surface area contributed by atoms with E-state index in [0.29, 0.717) is 22.8 Å². The fourth-order valence-corrected chi connectivity index (χ4v) is 3.12. The molecule has 118 valence electrons. The highest BCUT2D eigenvalue weighted by atomic mass is 19.2. The smallest absolute Gasteiger partial charge is 0.195 e. The molecule has 1 aliphatic rings. The number of pyridine rings is 1. The predicted octanol–water partition coefficient (Wildman–Crippen LogP) is 3.93. The molecule has 3 nitrogen and oxygen atoms in total. The van der Waals surface area contributed by atoms with E-state index < -0.39 is 17.5 Å². The molecule has 0 amide bonds. The Bertz CT molecular complexity index is 718. The van der Waals surface area contributed by atoms with Crippen molar-refractivity contribution >= 4 is 22.3 Å². The van der Waals surface area contributed by atoms with Crippen molar-refractivity contribution in [3.05, 3.63) is 29.7 Å². The topological polar surface area (TPSA) is 28.2 Å². The molecule has 1 aliphatic heterocycles. The summed E-state index contributed by atoms with van der Waals surface area (Å²) in [6.45, 7) is 3.70. The van der Waals surface area contributed by atoms with Gasteiger partial charge in [0.25, 0.3) is 0 Å². The lowest BCUT2D eigenvalue weighted by Crippen LogP contribution is -2.35. The predicted molar refractivity (Wildman–Crippen MR) is 81.8 cm³/mol. The van der Waals surface area contributed by atoms with Crippen LogP contribution in [0.5, 0.6) is 0 Å². The Hall–Kier alpha value is -1.98. The molecule has 0 radical (unpaired) electrons. The van der Waals surface area contributed by atoms with E-state index in [1.807, 2.05) is 4.90 Å². The Morgan fingerprint density at radius 3 is 2.73 bits per heavy atom. The summed E-state index contributed by atoms with van der Waals surface area (Å²) in [5.41, 5.74) is 0.347. The van der Waals surface area contributed by atoms with Crippen molar-refractivity contribution in [2.45, 2.75) is 19.8 Å². The van der Waals surface area contributed by atoms with Gasteiger partial charge < -0.3 is 10.2 Å². The van der Waals surface area contributed by atoms with Gasteiger partial charge in [0.1, 0.15) is 5.82 Å². The quantitative estimate of drug-likeness (QED) is 0.852. The lowest BCUT2D eigenvalue weighted by Gasteiger charge is -2.32. The molecule has 0 bridgehead atoms. The molecule has 0 saturated carbocycles. The molecular weight excluding hydrogens is 291 g/mol. The van der Waals surface area contributed by atoms with E-state index in [1.165, 1.54) is 6.20 Å². The third kappa shape index (κ3) is 2.36. The zero-order valence-electron chi connectivity index (χ0n) is 12.6. The van der Waals surface area contributed by atoms with Gasteiger partial charge in [0, 0.05) is 30.9 Å². The Morgan fingerprint density at radius 2 is 2.05 bits per heavy atom. The highest BCUT2D eigenvalue weighted by Gasteiger charge is 2.24. The monoisotopic (exact) mass is 309 g/mol. The van der Waals surface area contributed by atoms with Gasteiger partial charge in [-0.1, -0.05) is 6.92 Å². The van der Waals surface area contributed by atoms with Gasteiger partial charge in [0.05, 0.1) is 11.9 Å². The van der Waals surface area contributed by atoms with Crippen LogP contribution in [0.4, 0.5) is 24.7 Å². The van der Waals surface area contributed by atoms with Gasteiger partial charge in [0.15, 0.2) is 17.5 Å². The SMILES string of the molecule is CNc1cnc(N2CCCC(C)C2)c2cc(F)c(F)c(F)c12. The van der Waals surface area contributed by atoms with Gasteiger partial charge in [-0.2, -0.15) is 0 Å². The minimum absolute atomic E-state index is 0.0460. The van der Waals surface area contributed by atoms with Gasteiger partial charge in [-0.15, -0.1) is 0 Å². The highest BCUT2D eigenvalue weighted by Crippen LogP contribution is 2.35. The zero-order chi connectivity index (χ0) is 15.9. The first-order valence-electron chi connectivity index (χ1n) is 7.41. The first-order valence-corrected chi connectivity index (χ1v) is 7.41. The Kier molecular flexibility index (Phi) is 3.85. The zero-order valence-corrected chi connectivity index (χ0v) is 12.6. The van der Waals surface area contributed by atoms with Crippen molar-refractivity contribution in [2.75, 3.05) is 30.4 Å². The van der Waals surface area contributed by atoms with Crippen LogP contribution in [0.1, 0.15) is 19.8 Å². The lowest BCUT2D eigenvalue weighted by molar-refractivity contribution is 0.444. The number of benzene rings is 1. The second-order valence-corrected chi connectivity index (χ2v) is 5.85. The largest absolute Gasteiger partial charge is 0.386 e. The maximum absolute atomic E-state index is 14.2. The molecule has 1 unspecified atom stereocenters. The summed E-state index contributed by atoms with van der Waals surface area (Å²) in [5, 5.41) is 3.14. The second-order valence-electron chi connectivity index (χ2n) is 5.85. The van der Waals surface area contributed by atoms with E-state index in [2.05, 4.69) is 17.2 Å². The standard InChI is InChI=1S/C16H18F3N3/c1-9-4-3-5-22(8-9)16-10-6-11(17)14(18)15(19)13(10)12(20-2)7-21-16/h6-7,9,20H,3-5,8H2,1-2H3. The molecule has 1 fully saturated rings. The van der Waals surface area contributed by atoms with Gasteiger partial charge in [-0.3, -0.25) is 0 Å². The van der Waals surface area contributed by atoms with E-state index in [0.717, 1.165) is 32.0 Å². The van der Waals surface area contributed by atoms with Crippen molar-refractivity contribution in [3.63, 3.8) is 0 Å². The van der Waals surface area contributed by atoms with Gasteiger partial charge >= 0.3 is 0 Å². The third-order valence-corrected chi connectivity index (χ3v) is 4.21. The molecule has 22 heavy (non-hydrogen) atoms. The molecule has 1 N–H and O–H groups in total. The van der Waals surface area contributed by atoms with Crippen molar-refractivity contribution in [1.29, 1.82) is 0 Å². The summed E-state index contributed by atoms with van der Waals surface area (Å²) in [4.78, 5) is 6.38. The number of nitrogens with one attached hydrogen (secondary N) is 1. The highest BCUT2D eigenvalue weighted by molar-refractivity contribution is 6.00. The minimum Gasteiger partial charge on any atom is -0.386 e. The number of rotatable bonds is 2. The number of fused-ring (bicyclic) bond motifs is 1. The van der Waals surface area contributed by atoms with Crippen LogP contribution in [0.3, 0.4) is 0 Å². The van der Waals surface area contributed by atoms with Crippen LogP contribution in [0.2, 0.25) is 0 Å². The number of aromatic nitrogens is 1. The molecular formula is C16H18F3N3. The van der Waals surface area contributed by atoms with E-state index >= 15 is 0 Å². The molecule has 1 atom stereocenters. The van der Waals surface area contributed by atoms with Crippen LogP contribution < -0.4 is 10.2 Å². The van der Waals surface area contributed by atoms with E-state index in [9.17, 15) is 13.2 Å². The number of piperidine rings is 1. The molecule has 2 aromatic rings. The maximum Gasteiger partial charge on any atom is 0.195 e. The maximum atomic E-state index is 14.2. The molecule has 3 rings (SSSR count). The number of nitrogens with zero attached hydrogens (tertiary/aromatic N) is 2. The number of hydrogen-bond acceptors (Lipinski definition) is 3. The average molecular weight is 309 g/mol. The normalized spacial score (nSPS) is 18.8. The number of halogens is 3. The van der Waals surface area contributed by atoms with Crippen LogP contribution in [0, 0.1) is 23.4 Å². The van der Waals surface area contributed by atoms with Crippen LogP contribution in [-0.4, -0.2) is 25.1 Å². The van der Waals surface area contributed by atoms with Crippen molar-refractivity contribution in [3.8, 4) is 0 Å². The fourth-order valence-electron chi connectivity index (χ4n) is 3.12. The van der Waals surface area contributed by atoms with Crippen LogP contribution in [0.25, 0.3) is 10.8 Å². The fraction of sp³-hybridized carbons (Fsp3) is 0.438. The molecule has 6 heteroatoms. The van der Waals surface area contributed by atoms with Gasteiger partial charge in [0.2, 0.25) is 0 Å². The third-order valence-electron chi connectivity index (χ3n) is 4.21. The van der Waals surface area contributed by atoms with Gasteiger partial charge in [-0.25, -0.2) is 18.2 Å². The van der Waals surface area contributed by atoms with Crippen molar-refractivity contribution in [1.82, 2.24) is 4.98 Å². The molecule has 1 aromatic carbocycles. The Balaban J connectivity index is 2.23. The van der Waals surface area contributed by atoms with Gasteiger partial charge in [-0.05, 0) is 24.8 Å². The van der Waals surface area contributed by atoms with Crippen LogP contribution in [-0.2, 0) is 0 Å². The number of hydrogen-bond donors (Lipinski definition) is 1. The lowest BCUT2D eigenvalue weighted by atomic mass is 9.99. The molecule has 1 aromatic heterocycles. The van der Waals surface area contributed by atoms with Crippen molar-refractivity contribution in [2.24, 2.45) is 5.92 Å². The average Bonchev–Trinajstić information content (AvgIpc) is 2.51. The first-order chi connectivity index (χ1) is 10.5. The Labute approximate surface area is 127 Å². The summed E-state index contributed by atoms with van der Waals surface area (Å²) >= 11 is 0. The summed E-state index contributed by atoms with van der Waals surface area (Å²) < 4.78 is 41.5. The second kappa shape index (κ2) is 5.66. The van der Waals surface area contributed by atoms with E-state index in [4.69, 9.17) is 0 Å². The van der Waals surface area contributed by atoms with Crippen molar-refractivity contribution < 1.29 is 13.2 Å². The minimum atomic E-state index is -1.45. The molecule has 0 aliphatic carbocycles. The molecule has 2 heterocycles. The van der Waals surface area contributed by atoms with E-state index in [1.54, 1.807) is 7.05 Å². The summed E-state index contributed by atoms with van der Waals surface area (Å²) in [7, 11) is 1.60. The van der Waals surface area contributed by atoms with E-state index in [-0.39, 0.29) is 5.39 Å². The number of anilines is 2. The molecule has 0 spiro atoms. The van der Waals surface area contributed by atoms with Crippen LogP contribution >= 0.6 is 0 Å². The molecule has 1 saturated heterocycles. The summed E-state index contributed by atoms with van der Waals surface area (Å²) in [5.74, 6) is -2.81. The summed E-state index contributed by atoms with van der Waals surface area (Å²) in [6, 6.07) is 1.04. The summed E-state index contributed by atoms with van der Waals surface area (Å²) in [6.07, 6.45) is 3.60.